The first-order valence-electron chi connectivity index (χ1n) is 13.7. The Morgan fingerprint density at radius 2 is 1.16 bits per heavy atom. The molecule has 0 aromatic heterocycles. The molecule has 37 heavy (non-hydrogen) atoms. The van der Waals surface area contributed by atoms with Gasteiger partial charge >= 0.3 is 0 Å². The van der Waals surface area contributed by atoms with Crippen molar-refractivity contribution < 1.29 is 8.78 Å². The van der Waals surface area contributed by atoms with E-state index < -0.39 is 0 Å². The Bertz CT molecular complexity index is 1150. The van der Waals surface area contributed by atoms with Crippen LogP contribution in [0.1, 0.15) is 106 Å². The minimum atomic E-state index is -0.384. The summed E-state index contributed by atoms with van der Waals surface area (Å²) in [4.78, 5) is 0. The van der Waals surface area contributed by atoms with E-state index in [0.717, 1.165) is 43.2 Å². The Kier molecular flexibility index (Phi) is 11.1. The number of hydrogen-bond acceptors (Lipinski definition) is 2. The van der Waals surface area contributed by atoms with Gasteiger partial charge in [-0.1, -0.05) is 43.4 Å². The number of allylic oxidation sites excluding steroid dienone is 4. The normalized spacial score (nSPS) is 23.7. The molecule has 0 radical (unpaired) electrons. The van der Waals surface area contributed by atoms with Crippen molar-refractivity contribution >= 4 is 0 Å². The van der Waals surface area contributed by atoms with Crippen LogP contribution in [0.5, 0.6) is 0 Å². The molecule has 2 saturated carbocycles. The lowest BCUT2D eigenvalue weighted by Crippen LogP contribution is -2.12. The third-order valence-corrected chi connectivity index (χ3v) is 7.82. The van der Waals surface area contributed by atoms with Crippen LogP contribution in [0.25, 0.3) is 0 Å². The number of halogens is 2. The van der Waals surface area contributed by atoms with Gasteiger partial charge in [0, 0.05) is 0 Å². The van der Waals surface area contributed by atoms with Gasteiger partial charge in [0.25, 0.3) is 0 Å². The molecule has 2 aromatic carbocycles. The van der Waals surface area contributed by atoms with E-state index in [0.29, 0.717) is 23.7 Å². The fourth-order valence-electron chi connectivity index (χ4n) is 5.64. The molecule has 4 heteroatoms. The molecule has 0 unspecified atom stereocenters. The van der Waals surface area contributed by atoms with Crippen molar-refractivity contribution in [3.8, 4) is 12.1 Å². The van der Waals surface area contributed by atoms with Gasteiger partial charge in [0.2, 0.25) is 0 Å². The van der Waals surface area contributed by atoms with Gasteiger partial charge in [0.15, 0.2) is 0 Å². The van der Waals surface area contributed by atoms with Gasteiger partial charge in [-0.05, 0) is 124 Å². The van der Waals surface area contributed by atoms with Crippen molar-refractivity contribution in [1.29, 1.82) is 10.5 Å². The van der Waals surface area contributed by atoms with E-state index in [-0.39, 0.29) is 22.8 Å². The Hall–Kier alpha value is -3.24. The fourth-order valence-corrected chi connectivity index (χ4v) is 5.64. The number of hydrogen-bond donors (Lipinski definition) is 0. The second-order valence-corrected chi connectivity index (χ2v) is 10.3. The first kappa shape index (κ1) is 28.3. The summed E-state index contributed by atoms with van der Waals surface area (Å²) >= 11 is 0. The van der Waals surface area contributed by atoms with E-state index in [1.54, 1.807) is 24.3 Å². The molecule has 2 aliphatic rings. The zero-order chi connectivity index (χ0) is 26.6. The minimum absolute atomic E-state index is 0.140. The SMILES string of the molecule is CC=C[C@H]1CC[C@H](c2ccc(C#N)c(F)c2)CC1.CCC=C[C@H]1CC[C@H](c2ccc(C#N)c(F)c2)CC1. The molecule has 0 amide bonds. The molecule has 2 nitrogen and oxygen atoms in total. The number of benzene rings is 2. The molecule has 4 rings (SSSR count). The second-order valence-electron chi connectivity index (χ2n) is 10.3. The largest absolute Gasteiger partial charge is 0.206 e. The van der Waals surface area contributed by atoms with Crippen LogP contribution in [0.4, 0.5) is 8.78 Å². The highest BCUT2D eigenvalue weighted by molar-refractivity contribution is 5.36. The molecule has 0 atom stereocenters. The summed E-state index contributed by atoms with van der Waals surface area (Å²) in [7, 11) is 0. The number of rotatable bonds is 5. The molecule has 2 aromatic rings. The molecule has 0 N–H and O–H groups in total. The van der Waals surface area contributed by atoms with Crippen LogP contribution in [0.3, 0.4) is 0 Å². The Morgan fingerprint density at radius 3 is 1.51 bits per heavy atom. The van der Waals surface area contributed by atoms with Crippen molar-refractivity contribution in [3.05, 3.63) is 94.6 Å². The molecule has 0 aliphatic heterocycles. The Morgan fingerprint density at radius 1 is 0.730 bits per heavy atom. The van der Waals surface area contributed by atoms with Gasteiger partial charge in [-0.25, -0.2) is 8.78 Å². The van der Waals surface area contributed by atoms with E-state index in [2.05, 4.69) is 38.2 Å². The zero-order valence-electron chi connectivity index (χ0n) is 22.1. The highest BCUT2D eigenvalue weighted by Crippen LogP contribution is 2.37. The van der Waals surface area contributed by atoms with E-state index in [4.69, 9.17) is 10.5 Å². The van der Waals surface area contributed by atoms with Gasteiger partial charge < -0.3 is 0 Å². The van der Waals surface area contributed by atoms with Crippen molar-refractivity contribution in [2.45, 2.75) is 83.5 Å². The average Bonchev–Trinajstić information content (AvgIpc) is 2.93. The van der Waals surface area contributed by atoms with Crippen molar-refractivity contribution in [1.82, 2.24) is 0 Å². The maximum Gasteiger partial charge on any atom is 0.141 e. The maximum atomic E-state index is 13.6. The van der Waals surface area contributed by atoms with Gasteiger partial charge in [-0.3, -0.25) is 0 Å². The van der Waals surface area contributed by atoms with Gasteiger partial charge in [-0.15, -0.1) is 0 Å². The van der Waals surface area contributed by atoms with Crippen LogP contribution in [-0.2, 0) is 0 Å². The molecule has 2 aliphatic carbocycles. The third kappa shape index (κ3) is 8.13. The topological polar surface area (TPSA) is 47.6 Å². The molecular formula is C33H38F2N2. The molecule has 0 saturated heterocycles. The lowest BCUT2D eigenvalue weighted by Gasteiger charge is -2.27. The lowest BCUT2D eigenvalue weighted by atomic mass is 9.78. The Balaban J connectivity index is 0.000000206. The van der Waals surface area contributed by atoms with Crippen molar-refractivity contribution in [3.63, 3.8) is 0 Å². The number of nitriles is 2. The standard InChI is InChI=1S/C17H20FN.C16H18FN/c1-2-3-4-13-5-7-14(8-6-13)15-9-10-16(12-19)17(18)11-15;1-2-3-12-4-6-13(7-5-12)14-8-9-15(11-18)16(17)10-14/h3-4,9-11,13-14H,2,5-8H2,1H3;2-3,8-10,12-13H,4-7H2,1H3/t13-,14-;12-,13-. The summed E-state index contributed by atoms with van der Waals surface area (Å²) in [5, 5.41) is 17.5. The monoisotopic (exact) mass is 500 g/mol. The maximum absolute atomic E-state index is 13.6. The predicted molar refractivity (Wildman–Crippen MR) is 146 cm³/mol. The van der Waals surface area contributed by atoms with Gasteiger partial charge in [0.1, 0.15) is 23.8 Å². The van der Waals surface area contributed by atoms with E-state index in [9.17, 15) is 8.78 Å². The predicted octanol–water partition coefficient (Wildman–Crippen LogP) is 9.48. The third-order valence-electron chi connectivity index (χ3n) is 7.82. The van der Waals surface area contributed by atoms with Crippen LogP contribution in [0.15, 0.2) is 60.7 Å². The smallest absolute Gasteiger partial charge is 0.141 e. The summed E-state index contributed by atoms with van der Waals surface area (Å²) in [5.41, 5.74) is 2.38. The highest BCUT2D eigenvalue weighted by atomic mass is 19.1. The van der Waals surface area contributed by atoms with Crippen LogP contribution >= 0.6 is 0 Å². The summed E-state index contributed by atoms with van der Waals surface area (Å²) in [6.45, 7) is 4.21. The molecular weight excluding hydrogens is 462 g/mol. The molecule has 0 spiro atoms. The zero-order valence-corrected chi connectivity index (χ0v) is 22.1. The minimum Gasteiger partial charge on any atom is -0.206 e. The summed E-state index contributed by atoms with van der Waals surface area (Å²) in [6.07, 6.45) is 19.2. The van der Waals surface area contributed by atoms with Crippen LogP contribution in [0, 0.1) is 46.1 Å². The van der Waals surface area contributed by atoms with Crippen molar-refractivity contribution in [2.24, 2.45) is 11.8 Å². The molecule has 2 fully saturated rings. The average molecular weight is 501 g/mol. The molecule has 0 heterocycles. The van der Waals surface area contributed by atoms with Crippen LogP contribution in [0.2, 0.25) is 0 Å². The van der Waals surface area contributed by atoms with Crippen LogP contribution in [-0.4, -0.2) is 0 Å². The summed E-state index contributed by atoms with van der Waals surface area (Å²) < 4.78 is 27.2. The quantitative estimate of drug-likeness (QED) is 0.384. The summed E-state index contributed by atoms with van der Waals surface area (Å²) in [5.74, 6) is 1.52. The van der Waals surface area contributed by atoms with Gasteiger partial charge in [-0.2, -0.15) is 10.5 Å². The molecule has 194 valence electrons. The fraction of sp³-hybridized carbons (Fsp3) is 0.455. The lowest BCUT2D eigenvalue weighted by molar-refractivity contribution is 0.374. The van der Waals surface area contributed by atoms with Crippen molar-refractivity contribution in [2.75, 3.05) is 0 Å². The van der Waals surface area contributed by atoms with Crippen LogP contribution < -0.4 is 0 Å². The first-order chi connectivity index (χ1) is 18.0. The molecule has 0 bridgehead atoms. The Labute approximate surface area is 221 Å². The summed E-state index contributed by atoms with van der Waals surface area (Å²) in [6, 6.07) is 13.8. The highest BCUT2D eigenvalue weighted by Gasteiger charge is 2.22. The van der Waals surface area contributed by atoms with Gasteiger partial charge in [0.05, 0.1) is 11.1 Å². The van der Waals surface area contributed by atoms with E-state index in [1.165, 1.54) is 25.7 Å². The number of nitrogens with zero attached hydrogens (tertiary/aromatic N) is 2. The first-order valence-corrected chi connectivity index (χ1v) is 13.7. The van der Waals surface area contributed by atoms with E-state index in [1.807, 2.05) is 24.3 Å². The second kappa shape index (κ2) is 14.5. The van der Waals surface area contributed by atoms with E-state index >= 15 is 0 Å².